The van der Waals surface area contributed by atoms with Gasteiger partial charge in [-0.2, -0.15) is 0 Å². The Hall–Kier alpha value is -4.84. The largest absolute Gasteiger partial charge is 0.392 e. The molecule has 12 heteroatoms. The molecule has 1 amide bonds. The van der Waals surface area contributed by atoms with Gasteiger partial charge in [0.05, 0.1) is 42.8 Å². The summed E-state index contributed by atoms with van der Waals surface area (Å²) in [6.45, 7) is 0.219. The van der Waals surface area contributed by atoms with Gasteiger partial charge in [-0.1, -0.05) is 89.9 Å². The third kappa shape index (κ3) is 6.24. The van der Waals surface area contributed by atoms with E-state index in [4.69, 9.17) is 32.7 Å². The minimum Gasteiger partial charge on any atom is -0.392 e. The van der Waals surface area contributed by atoms with Crippen LogP contribution in [0.1, 0.15) is 71.6 Å². The lowest BCUT2D eigenvalue weighted by Gasteiger charge is -2.43. The number of nitrogens with one attached hydrogen (secondary N) is 1. The molecule has 4 unspecified atom stereocenters. The predicted octanol–water partition coefficient (Wildman–Crippen LogP) is 6.88. The first-order valence-corrected chi connectivity index (χ1v) is 15.8. The van der Waals surface area contributed by atoms with Crippen LogP contribution in [0.15, 0.2) is 103 Å². The number of esters is 2. The van der Waals surface area contributed by atoms with Gasteiger partial charge < -0.3 is 29.2 Å². The number of nitrogens with zero attached hydrogens (tertiary/aromatic N) is 2. The monoisotopic (exact) mass is 683 g/mol. The molecule has 1 saturated heterocycles. The molecule has 0 spiro atoms. The lowest BCUT2D eigenvalue weighted by molar-refractivity contribution is -0.263. The number of aliphatic hydroxyl groups is 1. The van der Waals surface area contributed by atoms with Crippen molar-refractivity contribution in [1.29, 1.82) is 0 Å². The van der Waals surface area contributed by atoms with Gasteiger partial charge in [-0.3, -0.25) is 4.79 Å². The second kappa shape index (κ2) is 13.3. The van der Waals surface area contributed by atoms with E-state index in [0.717, 1.165) is 16.7 Å². The molecule has 5 aromatic rings. The average Bonchev–Trinajstić information content (AvgIpc) is 3.59. The zero-order chi connectivity index (χ0) is 33.4. The summed E-state index contributed by atoms with van der Waals surface area (Å²) in [5, 5.41) is 13.0. The molecule has 4 aromatic carbocycles. The van der Waals surface area contributed by atoms with Crippen molar-refractivity contribution in [3.8, 4) is 0 Å². The number of halogens is 2. The van der Waals surface area contributed by atoms with Crippen LogP contribution in [-0.2, 0) is 27.4 Å². The summed E-state index contributed by atoms with van der Waals surface area (Å²) >= 11 is 12.7. The number of carbonyl (C=O) groups excluding carboxylic acids is 3. The summed E-state index contributed by atoms with van der Waals surface area (Å²) in [6.07, 6.45) is -0.277. The molecule has 0 saturated carbocycles. The maximum absolute atomic E-state index is 13.2. The Balaban J connectivity index is 1.22. The van der Waals surface area contributed by atoms with Crippen LogP contribution < -0.4 is 5.32 Å². The highest BCUT2D eigenvalue weighted by Gasteiger charge is 2.42. The molecule has 7 rings (SSSR count). The number of amides is 1. The van der Waals surface area contributed by atoms with Gasteiger partial charge >= 0.3 is 11.9 Å². The number of hydrogen-bond donors (Lipinski definition) is 2. The Kier molecular flexibility index (Phi) is 8.83. The van der Waals surface area contributed by atoms with Crippen LogP contribution in [0.5, 0.6) is 0 Å². The van der Waals surface area contributed by atoms with Crippen LogP contribution >= 0.6 is 23.2 Å². The van der Waals surface area contributed by atoms with E-state index >= 15 is 0 Å². The number of rotatable bonds is 8. The van der Waals surface area contributed by atoms with Crippen molar-refractivity contribution in [2.45, 2.75) is 37.6 Å². The maximum Gasteiger partial charge on any atom is 0.346 e. The second-order valence-corrected chi connectivity index (χ2v) is 12.1. The van der Waals surface area contributed by atoms with Crippen LogP contribution in [0.4, 0.5) is 5.69 Å². The van der Waals surface area contributed by atoms with E-state index in [1.807, 2.05) is 60.7 Å². The summed E-state index contributed by atoms with van der Waals surface area (Å²) in [6, 6.07) is 28.8. The number of fused-ring (bicyclic) bond motifs is 1. The van der Waals surface area contributed by atoms with E-state index in [2.05, 4.69) is 15.0 Å². The van der Waals surface area contributed by atoms with Gasteiger partial charge in [0.25, 0.3) is 5.91 Å². The molecule has 4 atom stereocenters. The predicted molar refractivity (Wildman–Crippen MR) is 176 cm³/mol. The Labute approximate surface area is 284 Å². The van der Waals surface area contributed by atoms with Crippen LogP contribution in [0.2, 0.25) is 10.3 Å². The van der Waals surface area contributed by atoms with E-state index in [0.29, 0.717) is 17.8 Å². The maximum atomic E-state index is 13.2. The molecule has 48 heavy (non-hydrogen) atoms. The fraction of sp³-hybridized carbons (Fsp3) is 0.167. The van der Waals surface area contributed by atoms with E-state index in [1.54, 1.807) is 29.1 Å². The minimum atomic E-state index is -0.868. The third-order valence-corrected chi connectivity index (χ3v) is 9.17. The Bertz CT molecular complexity index is 2020. The normalized spacial score (nSPS) is 20.3. The molecule has 2 N–H and O–H groups in total. The van der Waals surface area contributed by atoms with Crippen molar-refractivity contribution >= 4 is 46.7 Å². The molecular formula is C36H27Cl2N3O7. The molecular weight excluding hydrogens is 657 g/mol. The second-order valence-electron chi connectivity index (χ2n) is 11.4. The number of cyclic esters (lactones) is 2. The van der Waals surface area contributed by atoms with E-state index in [9.17, 15) is 19.5 Å². The fourth-order valence-corrected chi connectivity index (χ4v) is 6.34. The number of carbonyl (C=O) groups is 3. The number of hydrogen-bond acceptors (Lipinski definition) is 8. The first kappa shape index (κ1) is 31.7. The van der Waals surface area contributed by atoms with Crippen molar-refractivity contribution < 1.29 is 33.7 Å². The van der Waals surface area contributed by atoms with Gasteiger partial charge in [0.15, 0.2) is 11.4 Å². The highest BCUT2D eigenvalue weighted by molar-refractivity contribution is 6.40. The number of aliphatic hydroxyl groups excluding tert-OH is 1. The van der Waals surface area contributed by atoms with Gasteiger partial charge in [-0.05, 0) is 47.0 Å². The Morgan fingerprint density at radius 2 is 1.58 bits per heavy atom. The molecule has 10 nitrogen and oxygen atoms in total. The number of benzene rings is 4. The number of anilines is 1. The van der Waals surface area contributed by atoms with Crippen LogP contribution in [0, 0.1) is 0 Å². The van der Waals surface area contributed by atoms with Crippen molar-refractivity contribution in [3.05, 3.63) is 153 Å². The van der Waals surface area contributed by atoms with Gasteiger partial charge in [0.1, 0.15) is 5.15 Å². The van der Waals surface area contributed by atoms with E-state index in [-0.39, 0.29) is 39.5 Å². The number of ether oxygens (including phenoxy) is 3. The Morgan fingerprint density at radius 1 is 0.833 bits per heavy atom. The van der Waals surface area contributed by atoms with E-state index < -0.39 is 36.3 Å². The molecule has 3 heterocycles. The SMILES string of the molecule is O=C(Nc1cccc(C2OC(Cn3cnc(Cl)c3Cl)C(c3ccccc3)C(c3ccc(CO)cc3)O2)c1)c1ccc2c(c1)C(=O)OC2=O. The first-order chi connectivity index (χ1) is 23.3. The van der Waals surface area contributed by atoms with Gasteiger partial charge in [-0.15, -0.1) is 0 Å². The topological polar surface area (TPSA) is 129 Å². The van der Waals surface area contributed by atoms with Crippen LogP contribution in [0.3, 0.4) is 0 Å². The molecule has 0 bridgehead atoms. The molecule has 2 aliphatic rings. The van der Waals surface area contributed by atoms with E-state index in [1.165, 1.54) is 18.2 Å². The zero-order valence-corrected chi connectivity index (χ0v) is 26.6. The molecule has 0 aliphatic carbocycles. The lowest BCUT2D eigenvalue weighted by Crippen LogP contribution is -2.39. The highest BCUT2D eigenvalue weighted by atomic mass is 35.5. The quantitative estimate of drug-likeness (QED) is 0.134. The summed E-state index contributed by atoms with van der Waals surface area (Å²) in [7, 11) is 0. The fourth-order valence-electron chi connectivity index (χ4n) is 6.02. The van der Waals surface area contributed by atoms with Crippen LogP contribution in [0.25, 0.3) is 0 Å². The molecule has 242 valence electrons. The van der Waals surface area contributed by atoms with Crippen molar-refractivity contribution in [1.82, 2.24) is 9.55 Å². The zero-order valence-electron chi connectivity index (χ0n) is 25.1. The minimum absolute atomic E-state index is 0.0433. The molecule has 1 fully saturated rings. The molecule has 0 radical (unpaired) electrons. The van der Waals surface area contributed by atoms with Gasteiger partial charge in [0.2, 0.25) is 0 Å². The average molecular weight is 685 g/mol. The smallest absolute Gasteiger partial charge is 0.346 e. The Morgan fingerprint density at radius 3 is 2.31 bits per heavy atom. The van der Waals surface area contributed by atoms with Crippen molar-refractivity contribution in [2.75, 3.05) is 5.32 Å². The van der Waals surface area contributed by atoms with Crippen molar-refractivity contribution in [3.63, 3.8) is 0 Å². The van der Waals surface area contributed by atoms with Crippen molar-refractivity contribution in [2.24, 2.45) is 0 Å². The number of aromatic nitrogens is 2. The van der Waals surface area contributed by atoms with Gasteiger partial charge in [0, 0.05) is 22.7 Å². The summed E-state index contributed by atoms with van der Waals surface area (Å²) in [5.74, 6) is -2.30. The summed E-state index contributed by atoms with van der Waals surface area (Å²) in [4.78, 5) is 41.2. The molecule has 1 aromatic heterocycles. The number of imidazole rings is 1. The lowest BCUT2D eigenvalue weighted by atomic mass is 9.83. The van der Waals surface area contributed by atoms with Gasteiger partial charge in [-0.25, -0.2) is 14.6 Å². The third-order valence-electron chi connectivity index (χ3n) is 8.40. The summed E-state index contributed by atoms with van der Waals surface area (Å²) in [5.41, 5.74) is 4.08. The molecule has 2 aliphatic heterocycles. The highest BCUT2D eigenvalue weighted by Crippen LogP contribution is 2.47. The first-order valence-electron chi connectivity index (χ1n) is 15.0. The summed E-state index contributed by atoms with van der Waals surface area (Å²) < 4.78 is 19.8. The van der Waals surface area contributed by atoms with Crippen LogP contribution in [-0.4, -0.2) is 38.6 Å². The standard InChI is InChI=1S/C36H27Cl2N3O7/c37-31-32(38)41(19-39-31)17-28-29(21-5-2-1-3-6-21)30(22-11-9-20(18-42)10-12-22)47-36(46-28)24-7-4-8-25(15-24)40-33(43)23-13-14-26-27(16-23)35(45)48-34(26)44/h1-16,19,28-30,36,42H,17-18H2,(H,40,43).